The fourth-order valence-electron chi connectivity index (χ4n) is 3.91. The molecule has 0 heterocycles. The lowest BCUT2D eigenvalue weighted by Crippen LogP contribution is -2.46. The van der Waals surface area contributed by atoms with Crippen molar-refractivity contribution in [2.24, 2.45) is 0 Å². The van der Waals surface area contributed by atoms with Crippen LogP contribution >= 0.6 is 0 Å². The van der Waals surface area contributed by atoms with Crippen LogP contribution in [0.3, 0.4) is 0 Å². The summed E-state index contributed by atoms with van der Waals surface area (Å²) < 4.78 is 10.6. The number of methoxy groups -OCH3 is 1. The Kier molecular flexibility index (Phi) is 7.83. The standard InChI is InChI=1S/C24H28N2O6/c1-3-20(23(28)29)26-22(27)21(31-2)12-13-25-24(30)32-14-19-17-10-6-4-8-15(17)16-9-5-7-11-18(16)19/h4-11,19-21H,3,12-14H2,1-2H3,(H,25,30)(H,26,27)(H,28,29). The zero-order chi connectivity index (χ0) is 23.1. The van der Waals surface area contributed by atoms with Crippen LogP contribution in [-0.4, -0.2) is 55.5 Å². The van der Waals surface area contributed by atoms with Crippen molar-refractivity contribution in [3.63, 3.8) is 0 Å². The summed E-state index contributed by atoms with van der Waals surface area (Å²) in [6.45, 7) is 2.01. The van der Waals surface area contributed by atoms with Crippen LogP contribution in [0.15, 0.2) is 48.5 Å². The molecule has 8 nitrogen and oxygen atoms in total. The van der Waals surface area contributed by atoms with Gasteiger partial charge in [0.25, 0.3) is 0 Å². The number of benzene rings is 2. The normalized spacial score (nSPS) is 14.1. The number of hydrogen-bond donors (Lipinski definition) is 3. The van der Waals surface area contributed by atoms with E-state index in [1.165, 1.54) is 7.11 Å². The molecule has 2 unspecified atom stereocenters. The van der Waals surface area contributed by atoms with Gasteiger partial charge in [-0.2, -0.15) is 0 Å². The molecule has 0 aromatic heterocycles. The summed E-state index contributed by atoms with van der Waals surface area (Å²) in [7, 11) is 1.36. The molecule has 0 saturated heterocycles. The number of carbonyl (C=O) groups excluding carboxylic acids is 2. The molecule has 2 aromatic carbocycles. The molecule has 0 fully saturated rings. The van der Waals surface area contributed by atoms with E-state index in [2.05, 4.69) is 22.8 Å². The Morgan fingerprint density at radius 2 is 1.62 bits per heavy atom. The quantitative estimate of drug-likeness (QED) is 0.524. The summed E-state index contributed by atoms with van der Waals surface area (Å²) in [5.41, 5.74) is 4.55. The lowest BCUT2D eigenvalue weighted by molar-refractivity contribution is -0.144. The average Bonchev–Trinajstić information content (AvgIpc) is 3.12. The predicted octanol–water partition coefficient (Wildman–Crippen LogP) is 2.91. The maximum Gasteiger partial charge on any atom is 0.407 e. The van der Waals surface area contributed by atoms with Gasteiger partial charge in [0.2, 0.25) is 5.91 Å². The number of carboxylic acids is 1. The van der Waals surface area contributed by atoms with Gasteiger partial charge in [-0.15, -0.1) is 0 Å². The molecule has 0 bridgehead atoms. The Hall–Kier alpha value is -3.39. The summed E-state index contributed by atoms with van der Waals surface area (Å²) in [6, 6.07) is 15.2. The number of nitrogens with one attached hydrogen (secondary N) is 2. The first-order valence-electron chi connectivity index (χ1n) is 10.6. The Labute approximate surface area is 186 Å². The maximum atomic E-state index is 12.2. The average molecular weight is 440 g/mol. The first-order chi connectivity index (χ1) is 15.5. The van der Waals surface area contributed by atoms with Gasteiger partial charge < -0.3 is 25.2 Å². The van der Waals surface area contributed by atoms with Gasteiger partial charge in [-0.05, 0) is 28.7 Å². The van der Waals surface area contributed by atoms with Crippen LogP contribution in [0, 0.1) is 0 Å². The highest BCUT2D eigenvalue weighted by atomic mass is 16.5. The third-order valence-electron chi connectivity index (χ3n) is 5.62. The molecule has 2 amide bonds. The third-order valence-corrected chi connectivity index (χ3v) is 5.62. The van der Waals surface area contributed by atoms with Crippen molar-refractivity contribution < 1.29 is 29.0 Å². The molecule has 0 aliphatic heterocycles. The summed E-state index contributed by atoms with van der Waals surface area (Å²) >= 11 is 0. The van der Waals surface area contributed by atoms with E-state index in [4.69, 9.17) is 14.6 Å². The minimum absolute atomic E-state index is 0.0346. The summed E-state index contributed by atoms with van der Waals surface area (Å²) in [6.07, 6.45) is -1.02. The number of rotatable bonds is 10. The zero-order valence-electron chi connectivity index (χ0n) is 18.2. The molecule has 1 aliphatic rings. The molecular weight excluding hydrogens is 412 g/mol. The smallest absolute Gasteiger partial charge is 0.407 e. The SMILES string of the molecule is CCC(NC(=O)C(CCNC(=O)OCC1c2ccccc2-c2ccccc21)OC)C(=O)O. The lowest BCUT2D eigenvalue weighted by Gasteiger charge is -2.19. The third kappa shape index (κ3) is 5.26. The molecule has 1 aliphatic carbocycles. The number of carbonyl (C=O) groups is 3. The number of fused-ring (bicyclic) bond motifs is 3. The summed E-state index contributed by atoms with van der Waals surface area (Å²) in [5.74, 6) is -1.67. The summed E-state index contributed by atoms with van der Waals surface area (Å²) in [4.78, 5) is 35.5. The van der Waals surface area contributed by atoms with Gasteiger partial charge in [-0.3, -0.25) is 4.79 Å². The van der Waals surface area contributed by atoms with E-state index in [1.807, 2.05) is 36.4 Å². The molecule has 0 spiro atoms. The number of alkyl carbamates (subject to hydrolysis) is 1. The Bertz CT molecular complexity index is 931. The van der Waals surface area contributed by atoms with Gasteiger partial charge in [0.15, 0.2) is 0 Å². The highest BCUT2D eigenvalue weighted by Gasteiger charge is 2.29. The lowest BCUT2D eigenvalue weighted by atomic mass is 9.98. The number of ether oxygens (including phenoxy) is 2. The largest absolute Gasteiger partial charge is 0.480 e. The van der Waals surface area contributed by atoms with E-state index in [1.54, 1.807) is 6.92 Å². The zero-order valence-corrected chi connectivity index (χ0v) is 18.2. The molecule has 0 radical (unpaired) electrons. The van der Waals surface area contributed by atoms with Crippen LogP contribution in [0.25, 0.3) is 11.1 Å². The predicted molar refractivity (Wildman–Crippen MR) is 118 cm³/mol. The molecule has 3 rings (SSSR count). The fourth-order valence-corrected chi connectivity index (χ4v) is 3.91. The second-order valence-electron chi connectivity index (χ2n) is 7.57. The maximum absolute atomic E-state index is 12.2. The van der Waals surface area contributed by atoms with Crippen LogP contribution in [-0.2, 0) is 19.1 Å². The van der Waals surface area contributed by atoms with E-state index in [9.17, 15) is 14.4 Å². The first kappa shape index (κ1) is 23.3. The van der Waals surface area contributed by atoms with Gasteiger partial charge in [-0.1, -0.05) is 55.5 Å². The van der Waals surface area contributed by atoms with Crippen LogP contribution in [0.1, 0.15) is 36.8 Å². The van der Waals surface area contributed by atoms with E-state index < -0.39 is 30.1 Å². The Balaban J connectivity index is 1.49. The molecular formula is C24H28N2O6. The van der Waals surface area contributed by atoms with E-state index in [0.29, 0.717) is 0 Å². The molecule has 8 heteroatoms. The van der Waals surface area contributed by atoms with Gasteiger partial charge in [0.1, 0.15) is 18.8 Å². The number of carboxylic acid groups (broad SMARTS) is 1. The topological polar surface area (TPSA) is 114 Å². The summed E-state index contributed by atoms with van der Waals surface area (Å²) in [5, 5.41) is 14.1. The molecule has 3 N–H and O–H groups in total. The van der Waals surface area contributed by atoms with Crippen LogP contribution in [0.5, 0.6) is 0 Å². The Morgan fingerprint density at radius 3 is 2.16 bits per heavy atom. The molecule has 2 atom stereocenters. The second kappa shape index (κ2) is 10.8. The van der Waals surface area contributed by atoms with E-state index in [0.717, 1.165) is 22.3 Å². The van der Waals surface area contributed by atoms with E-state index in [-0.39, 0.29) is 31.9 Å². The van der Waals surface area contributed by atoms with Crippen molar-refractivity contribution in [3.05, 3.63) is 59.7 Å². The first-order valence-corrected chi connectivity index (χ1v) is 10.6. The van der Waals surface area contributed by atoms with Crippen LogP contribution in [0.4, 0.5) is 4.79 Å². The molecule has 2 aromatic rings. The monoisotopic (exact) mass is 440 g/mol. The molecule has 0 saturated carbocycles. The van der Waals surface area contributed by atoms with Gasteiger partial charge in [0.05, 0.1) is 0 Å². The number of hydrogen-bond acceptors (Lipinski definition) is 5. The molecule has 170 valence electrons. The van der Waals surface area contributed by atoms with E-state index >= 15 is 0 Å². The fraction of sp³-hybridized carbons (Fsp3) is 0.375. The minimum Gasteiger partial charge on any atom is -0.480 e. The Morgan fingerprint density at radius 1 is 1.03 bits per heavy atom. The highest BCUT2D eigenvalue weighted by Crippen LogP contribution is 2.44. The van der Waals surface area contributed by atoms with Crippen molar-refractivity contribution in [2.45, 2.75) is 37.8 Å². The van der Waals surface area contributed by atoms with Gasteiger partial charge in [0, 0.05) is 26.0 Å². The van der Waals surface area contributed by atoms with Crippen LogP contribution in [0.2, 0.25) is 0 Å². The minimum atomic E-state index is -1.10. The van der Waals surface area contributed by atoms with Gasteiger partial charge in [-0.25, -0.2) is 9.59 Å². The number of amides is 2. The molecule has 32 heavy (non-hydrogen) atoms. The second-order valence-corrected chi connectivity index (χ2v) is 7.57. The highest BCUT2D eigenvalue weighted by molar-refractivity contribution is 5.86. The van der Waals surface area contributed by atoms with Crippen molar-refractivity contribution in [1.82, 2.24) is 10.6 Å². The van der Waals surface area contributed by atoms with Crippen molar-refractivity contribution in [2.75, 3.05) is 20.3 Å². The number of aliphatic carboxylic acids is 1. The van der Waals surface area contributed by atoms with Crippen molar-refractivity contribution >= 4 is 18.0 Å². The van der Waals surface area contributed by atoms with Crippen LogP contribution < -0.4 is 10.6 Å². The van der Waals surface area contributed by atoms with Crippen molar-refractivity contribution in [1.29, 1.82) is 0 Å². The van der Waals surface area contributed by atoms with Crippen molar-refractivity contribution in [3.8, 4) is 11.1 Å². The van der Waals surface area contributed by atoms with Gasteiger partial charge >= 0.3 is 12.1 Å².